The first-order valence-electron chi connectivity index (χ1n) is 7.51. The standard InChI is InChI=1S/C16H19N3O4S/c1-4-23-16(22)13-10(2)24-12(18-13)7-8-17-14(20)11-6-5-9-19(3)15(11)21/h5-6,9H,4,7-8H2,1-3H3,(H,17,20). The Hall–Kier alpha value is -2.48. The minimum atomic E-state index is -0.436. The van der Waals surface area contributed by atoms with Gasteiger partial charge in [0.25, 0.3) is 11.5 Å². The van der Waals surface area contributed by atoms with Crippen molar-refractivity contribution in [2.24, 2.45) is 7.05 Å². The van der Waals surface area contributed by atoms with Crippen molar-refractivity contribution in [3.8, 4) is 0 Å². The summed E-state index contributed by atoms with van der Waals surface area (Å²) in [5.74, 6) is -0.857. The number of carbonyl (C=O) groups is 2. The number of amides is 1. The summed E-state index contributed by atoms with van der Waals surface area (Å²) in [6, 6.07) is 3.14. The van der Waals surface area contributed by atoms with E-state index in [-0.39, 0.29) is 11.1 Å². The SMILES string of the molecule is CCOC(=O)c1nc(CCNC(=O)c2cccn(C)c2=O)sc1C. The Morgan fingerprint density at radius 3 is 2.88 bits per heavy atom. The van der Waals surface area contributed by atoms with Gasteiger partial charge in [0.05, 0.1) is 11.6 Å². The van der Waals surface area contributed by atoms with Gasteiger partial charge in [-0.3, -0.25) is 9.59 Å². The topological polar surface area (TPSA) is 90.3 Å². The summed E-state index contributed by atoms with van der Waals surface area (Å²) in [4.78, 5) is 40.7. The summed E-state index contributed by atoms with van der Waals surface area (Å²) >= 11 is 1.39. The fourth-order valence-corrected chi connectivity index (χ4v) is 3.02. The van der Waals surface area contributed by atoms with E-state index in [0.29, 0.717) is 25.3 Å². The molecule has 2 aromatic heterocycles. The summed E-state index contributed by atoms with van der Waals surface area (Å²) < 4.78 is 6.30. The Bertz CT molecular complexity index is 810. The lowest BCUT2D eigenvalue weighted by Gasteiger charge is -2.04. The Balaban J connectivity index is 1.96. The zero-order valence-electron chi connectivity index (χ0n) is 13.8. The predicted molar refractivity (Wildman–Crippen MR) is 90.5 cm³/mol. The van der Waals surface area contributed by atoms with E-state index in [4.69, 9.17) is 4.74 Å². The van der Waals surface area contributed by atoms with E-state index >= 15 is 0 Å². The number of nitrogens with zero attached hydrogens (tertiary/aromatic N) is 2. The van der Waals surface area contributed by atoms with Gasteiger partial charge >= 0.3 is 5.97 Å². The number of nitrogens with one attached hydrogen (secondary N) is 1. The zero-order chi connectivity index (χ0) is 17.7. The van der Waals surface area contributed by atoms with Crippen LogP contribution in [0.2, 0.25) is 0 Å². The summed E-state index contributed by atoms with van der Waals surface area (Å²) in [5, 5.41) is 3.43. The highest BCUT2D eigenvalue weighted by Gasteiger charge is 2.16. The monoisotopic (exact) mass is 349 g/mol. The Morgan fingerprint density at radius 2 is 2.17 bits per heavy atom. The lowest BCUT2D eigenvalue weighted by atomic mass is 10.2. The van der Waals surface area contributed by atoms with Crippen molar-refractivity contribution >= 4 is 23.2 Å². The van der Waals surface area contributed by atoms with Crippen LogP contribution in [0.4, 0.5) is 0 Å². The molecule has 0 unspecified atom stereocenters. The van der Waals surface area contributed by atoms with Crippen LogP contribution in [-0.2, 0) is 18.2 Å². The molecule has 1 amide bonds. The van der Waals surface area contributed by atoms with E-state index in [1.165, 1.54) is 22.0 Å². The highest BCUT2D eigenvalue weighted by atomic mass is 32.1. The predicted octanol–water partition coefficient (Wildman–Crippen LogP) is 1.30. The van der Waals surface area contributed by atoms with Crippen molar-refractivity contribution in [2.45, 2.75) is 20.3 Å². The number of hydrogen-bond acceptors (Lipinski definition) is 6. The molecule has 2 aromatic rings. The molecule has 24 heavy (non-hydrogen) atoms. The molecule has 128 valence electrons. The highest BCUT2D eigenvalue weighted by Crippen LogP contribution is 2.18. The molecular formula is C16H19N3O4S. The van der Waals surface area contributed by atoms with Gasteiger partial charge in [0.1, 0.15) is 5.56 Å². The maximum Gasteiger partial charge on any atom is 0.358 e. The fourth-order valence-electron chi connectivity index (χ4n) is 2.10. The number of esters is 1. The second kappa shape index (κ2) is 7.87. The smallest absolute Gasteiger partial charge is 0.358 e. The molecule has 0 aromatic carbocycles. The maximum atomic E-state index is 12.1. The van der Waals surface area contributed by atoms with Gasteiger partial charge in [0, 0.05) is 31.1 Å². The average Bonchev–Trinajstić information content (AvgIpc) is 2.91. The molecule has 2 rings (SSSR count). The summed E-state index contributed by atoms with van der Waals surface area (Å²) in [6.07, 6.45) is 2.07. The van der Waals surface area contributed by atoms with Crippen LogP contribution in [0.15, 0.2) is 23.1 Å². The van der Waals surface area contributed by atoms with Crippen molar-refractivity contribution in [3.63, 3.8) is 0 Å². The fraction of sp³-hybridized carbons (Fsp3) is 0.375. The molecule has 0 spiro atoms. The van der Waals surface area contributed by atoms with Crippen molar-refractivity contribution in [1.82, 2.24) is 14.9 Å². The zero-order valence-corrected chi connectivity index (χ0v) is 14.6. The third-order valence-corrected chi connectivity index (χ3v) is 4.33. The van der Waals surface area contributed by atoms with Gasteiger partial charge in [-0.25, -0.2) is 9.78 Å². The van der Waals surface area contributed by atoms with Crippen LogP contribution >= 0.6 is 11.3 Å². The van der Waals surface area contributed by atoms with Crippen LogP contribution in [0.5, 0.6) is 0 Å². The van der Waals surface area contributed by atoms with E-state index in [2.05, 4.69) is 10.3 Å². The molecule has 0 atom stereocenters. The van der Waals surface area contributed by atoms with Crippen molar-refractivity contribution in [1.29, 1.82) is 0 Å². The third-order valence-electron chi connectivity index (χ3n) is 3.30. The van der Waals surface area contributed by atoms with Gasteiger partial charge in [0.15, 0.2) is 5.69 Å². The quantitative estimate of drug-likeness (QED) is 0.794. The Labute approximate surface area is 143 Å². The molecule has 0 aliphatic heterocycles. The highest BCUT2D eigenvalue weighted by molar-refractivity contribution is 7.11. The molecule has 0 saturated carbocycles. The first-order valence-corrected chi connectivity index (χ1v) is 8.33. The molecule has 0 radical (unpaired) electrons. The van der Waals surface area contributed by atoms with E-state index in [0.717, 1.165) is 9.88 Å². The molecule has 8 heteroatoms. The summed E-state index contributed by atoms with van der Waals surface area (Å²) in [5.41, 5.74) is 0.0762. The largest absolute Gasteiger partial charge is 0.461 e. The van der Waals surface area contributed by atoms with Crippen LogP contribution in [-0.4, -0.2) is 34.6 Å². The number of pyridine rings is 1. The normalized spacial score (nSPS) is 10.5. The Kier molecular flexibility index (Phi) is 5.86. The number of carbonyl (C=O) groups excluding carboxylic acids is 2. The number of ether oxygens (including phenoxy) is 1. The van der Waals surface area contributed by atoms with Gasteiger partial charge in [0.2, 0.25) is 0 Å². The van der Waals surface area contributed by atoms with E-state index in [1.54, 1.807) is 33.2 Å². The first kappa shape index (κ1) is 17.9. The van der Waals surface area contributed by atoms with Crippen LogP contribution in [0, 0.1) is 6.92 Å². The number of rotatable bonds is 6. The molecule has 0 saturated heterocycles. The van der Waals surface area contributed by atoms with Crippen LogP contribution in [0.25, 0.3) is 0 Å². The van der Waals surface area contributed by atoms with Gasteiger partial charge in [-0.2, -0.15) is 0 Å². The minimum absolute atomic E-state index is 0.0996. The lowest BCUT2D eigenvalue weighted by Crippen LogP contribution is -2.32. The number of aromatic nitrogens is 2. The minimum Gasteiger partial charge on any atom is -0.461 e. The van der Waals surface area contributed by atoms with E-state index in [9.17, 15) is 14.4 Å². The van der Waals surface area contributed by atoms with Crippen molar-refractivity contribution in [3.05, 3.63) is 49.8 Å². The van der Waals surface area contributed by atoms with Gasteiger partial charge in [-0.1, -0.05) is 0 Å². The summed E-state index contributed by atoms with van der Waals surface area (Å²) in [7, 11) is 1.59. The van der Waals surface area contributed by atoms with Crippen molar-refractivity contribution < 1.29 is 14.3 Å². The van der Waals surface area contributed by atoms with Crippen LogP contribution in [0.1, 0.15) is 37.7 Å². The van der Waals surface area contributed by atoms with E-state index in [1.807, 2.05) is 0 Å². The van der Waals surface area contributed by atoms with Crippen LogP contribution in [0.3, 0.4) is 0 Å². The van der Waals surface area contributed by atoms with Crippen molar-refractivity contribution in [2.75, 3.05) is 13.2 Å². The number of thiazole rings is 1. The van der Waals surface area contributed by atoms with E-state index < -0.39 is 11.9 Å². The molecule has 2 heterocycles. The molecule has 1 N–H and O–H groups in total. The average molecular weight is 349 g/mol. The first-order chi connectivity index (χ1) is 11.4. The molecule has 0 bridgehead atoms. The molecule has 0 aliphatic rings. The second-order valence-electron chi connectivity index (χ2n) is 5.08. The molecular weight excluding hydrogens is 330 g/mol. The lowest BCUT2D eigenvalue weighted by molar-refractivity contribution is 0.0519. The molecule has 7 nitrogen and oxygen atoms in total. The van der Waals surface area contributed by atoms with Gasteiger partial charge < -0.3 is 14.6 Å². The molecule has 0 fully saturated rings. The summed E-state index contributed by atoms with van der Waals surface area (Å²) in [6.45, 7) is 4.17. The number of hydrogen-bond donors (Lipinski definition) is 1. The number of aryl methyl sites for hydroxylation is 2. The van der Waals surface area contributed by atoms with Crippen LogP contribution < -0.4 is 10.9 Å². The van der Waals surface area contributed by atoms with Gasteiger partial charge in [-0.05, 0) is 26.0 Å². The third kappa shape index (κ3) is 4.08. The Morgan fingerprint density at radius 1 is 1.42 bits per heavy atom. The molecule has 0 aliphatic carbocycles. The van der Waals surface area contributed by atoms with Gasteiger partial charge in [-0.15, -0.1) is 11.3 Å². The second-order valence-corrected chi connectivity index (χ2v) is 6.36. The maximum absolute atomic E-state index is 12.1.